The molecule has 1 atom stereocenters. The highest BCUT2D eigenvalue weighted by Crippen LogP contribution is 2.25. The highest BCUT2D eigenvalue weighted by Gasteiger charge is 2.30. The molecule has 1 aliphatic rings. The van der Waals surface area contributed by atoms with E-state index in [-0.39, 0.29) is 25.2 Å². The minimum atomic E-state index is -0.898. The zero-order chi connectivity index (χ0) is 14.4. The lowest BCUT2D eigenvalue weighted by Crippen LogP contribution is -2.51. The van der Waals surface area contributed by atoms with Crippen molar-refractivity contribution in [2.45, 2.75) is 38.6 Å². The van der Waals surface area contributed by atoms with Crippen molar-refractivity contribution in [1.82, 2.24) is 9.80 Å². The van der Waals surface area contributed by atoms with Crippen molar-refractivity contribution >= 4 is 12.0 Å². The number of rotatable bonds is 7. The molecule has 0 heterocycles. The van der Waals surface area contributed by atoms with Crippen LogP contribution in [-0.2, 0) is 4.79 Å². The quantitative estimate of drug-likeness (QED) is 0.724. The predicted octanol–water partition coefficient (Wildman–Crippen LogP) is 0.996. The molecule has 19 heavy (non-hydrogen) atoms. The molecule has 1 saturated carbocycles. The number of aliphatic hydroxyl groups is 1. The number of carbonyl (C=O) groups is 2. The number of aliphatic hydroxyl groups excluding tert-OH is 1. The van der Waals surface area contributed by atoms with Crippen LogP contribution in [-0.4, -0.2) is 64.8 Å². The number of hydrogen-bond acceptors (Lipinski definition) is 3. The van der Waals surface area contributed by atoms with Gasteiger partial charge in [-0.3, -0.25) is 4.79 Å². The Morgan fingerprint density at radius 2 is 2.00 bits per heavy atom. The van der Waals surface area contributed by atoms with Gasteiger partial charge in [-0.15, -0.1) is 0 Å². The van der Waals surface area contributed by atoms with Gasteiger partial charge in [0.1, 0.15) is 0 Å². The second-order valence-electron chi connectivity index (χ2n) is 5.26. The molecule has 1 rings (SSSR count). The molecule has 0 bridgehead atoms. The fourth-order valence-electron chi connectivity index (χ4n) is 2.16. The maximum absolute atomic E-state index is 12.3. The van der Waals surface area contributed by atoms with Crippen LogP contribution < -0.4 is 0 Å². The van der Waals surface area contributed by atoms with Crippen LogP contribution in [0.1, 0.15) is 32.6 Å². The number of carboxylic acid groups (broad SMARTS) is 1. The highest BCUT2D eigenvalue weighted by atomic mass is 16.4. The average Bonchev–Trinajstić information content (AvgIpc) is 2.30. The van der Waals surface area contributed by atoms with Crippen molar-refractivity contribution in [3.63, 3.8) is 0 Å². The van der Waals surface area contributed by atoms with Crippen molar-refractivity contribution in [3.8, 4) is 0 Å². The summed E-state index contributed by atoms with van der Waals surface area (Å²) in [5.41, 5.74) is 0. The van der Waals surface area contributed by atoms with E-state index in [4.69, 9.17) is 10.2 Å². The zero-order valence-electron chi connectivity index (χ0n) is 11.7. The van der Waals surface area contributed by atoms with E-state index in [1.165, 1.54) is 4.90 Å². The lowest BCUT2D eigenvalue weighted by molar-refractivity contribution is -0.141. The van der Waals surface area contributed by atoms with Gasteiger partial charge in [-0.2, -0.15) is 0 Å². The maximum Gasteiger partial charge on any atom is 0.320 e. The van der Waals surface area contributed by atoms with Crippen molar-refractivity contribution in [2.75, 3.05) is 26.7 Å². The zero-order valence-corrected chi connectivity index (χ0v) is 11.7. The Kier molecular flexibility index (Phi) is 6.08. The minimum absolute atomic E-state index is 0.0613. The van der Waals surface area contributed by atoms with E-state index in [0.29, 0.717) is 13.0 Å². The van der Waals surface area contributed by atoms with Gasteiger partial charge in [-0.1, -0.05) is 6.92 Å². The van der Waals surface area contributed by atoms with Crippen LogP contribution in [0.25, 0.3) is 0 Å². The summed E-state index contributed by atoms with van der Waals surface area (Å²) in [7, 11) is 1.63. The number of hydrogen-bond donors (Lipinski definition) is 2. The molecule has 1 aliphatic carbocycles. The van der Waals surface area contributed by atoms with Gasteiger partial charge in [0.15, 0.2) is 0 Å². The number of carboxylic acids is 1. The lowest BCUT2D eigenvalue weighted by atomic mass is 9.91. The van der Waals surface area contributed by atoms with Crippen LogP contribution in [0.3, 0.4) is 0 Å². The smallest absolute Gasteiger partial charge is 0.320 e. The molecule has 1 fully saturated rings. The molecule has 2 N–H and O–H groups in total. The molecular weight excluding hydrogens is 248 g/mol. The van der Waals surface area contributed by atoms with Crippen LogP contribution in [0.2, 0.25) is 0 Å². The first-order valence-electron chi connectivity index (χ1n) is 6.82. The molecule has 0 aliphatic heterocycles. The van der Waals surface area contributed by atoms with Gasteiger partial charge in [0.2, 0.25) is 0 Å². The van der Waals surface area contributed by atoms with E-state index in [9.17, 15) is 9.59 Å². The maximum atomic E-state index is 12.3. The molecule has 1 unspecified atom stereocenters. The third-order valence-corrected chi connectivity index (χ3v) is 3.61. The van der Waals surface area contributed by atoms with Crippen LogP contribution in [0.5, 0.6) is 0 Å². The van der Waals surface area contributed by atoms with E-state index < -0.39 is 11.9 Å². The molecule has 0 aromatic carbocycles. The summed E-state index contributed by atoms with van der Waals surface area (Å²) >= 11 is 0. The van der Waals surface area contributed by atoms with Gasteiger partial charge in [0, 0.05) is 32.8 Å². The Hall–Kier alpha value is -1.30. The van der Waals surface area contributed by atoms with Crippen molar-refractivity contribution in [2.24, 2.45) is 5.92 Å². The van der Waals surface area contributed by atoms with E-state index in [2.05, 4.69) is 0 Å². The fourth-order valence-corrected chi connectivity index (χ4v) is 2.16. The minimum Gasteiger partial charge on any atom is -0.481 e. The second-order valence-corrected chi connectivity index (χ2v) is 5.26. The number of aliphatic carboxylic acids is 1. The molecule has 6 nitrogen and oxygen atoms in total. The molecule has 6 heteroatoms. The Morgan fingerprint density at radius 1 is 1.37 bits per heavy atom. The fraction of sp³-hybridized carbons (Fsp3) is 0.846. The van der Waals surface area contributed by atoms with E-state index in [0.717, 1.165) is 19.3 Å². The summed E-state index contributed by atoms with van der Waals surface area (Å²) in [6.45, 7) is 2.39. The lowest BCUT2D eigenvalue weighted by Gasteiger charge is -2.39. The monoisotopic (exact) mass is 272 g/mol. The summed E-state index contributed by atoms with van der Waals surface area (Å²) in [4.78, 5) is 26.4. The van der Waals surface area contributed by atoms with Gasteiger partial charge in [0.25, 0.3) is 0 Å². The molecule has 0 aromatic heterocycles. The number of amides is 2. The van der Waals surface area contributed by atoms with Crippen LogP contribution >= 0.6 is 0 Å². The molecule has 0 radical (unpaired) electrons. The van der Waals surface area contributed by atoms with Crippen molar-refractivity contribution in [1.29, 1.82) is 0 Å². The topological polar surface area (TPSA) is 81.1 Å². The largest absolute Gasteiger partial charge is 0.481 e. The molecule has 2 amide bonds. The van der Waals surface area contributed by atoms with Gasteiger partial charge in [-0.05, 0) is 25.7 Å². The summed E-state index contributed by atoms with van der Waals surface area (Å²) in [6, 6.07) is 0.118. The summed E-state index contributed by atoms with van der Waals surface area (Å²) in [5.74, 6) is -1.47. The van der Waals surface area contributed by atoms with Crippen LogP contribution in [0.4, 0.5) is 4.79 Å². The summed E-state index contributed by atoms with van der Waals surface area (Å²) in [5, 5.41) is 17.8. The third kappa shape index (κ3) is 4.38. The van der Waals surface area contributed by atoms with Gasteiger partial charge >= 0.3 is 12.0 Å². The summed E-state index contributed by atoms with van der Waals surface area (Å²) < 4.78 is 0. The molecule has 0 saturated heterocycles. The molecule has 0 aromatic rings. The number of urea groups is 1. The summed E-state index contributed by atoms with van der Waals surface area (Å²) in [6.07, 6.45) is 3.69. The predicted molar refractivity (Wildman–Crippen MR) is 70.9 cm³/mol. The van der Waals surface area contributed by atoms with Gasteiger partial charge in [0.05, 0.1) is 5.92 Å². The number of nitrogens with zero attached hydrogens (tertiary/aromatic N) is 2. The molecule has 110 valence electrons. The standard InChI is InChI=1S/C13H24N2O4/c1-10(12(17)18)9-14(2)13(19)15(7-4-8-16)11-5-3-6-11/h10-11,16H,3-9H2,1-2H3,(H,17,18). The second kappa shape index (κ2) is 7.33. The highest BCUT2D eigenvalue weighted by molar-refractivity contribution is 5.76. The van der Waals surface area contributed by atoms with E-state index in [1.807, 2.05) is 0 Å². The van der Waals surface area contributed by atoms with Gasteiger partial charge in [-0.25, -0.2) is 4.79 Å². The van der Waals surface area contributed by atoms with E-state index in [1.54, 1.807) is 18.9 Å². The van der Waals surface area contributed by atoms with Gasteiger partial charge < -0.3 is 20.0 Å². The number of carbonyl (C=O) groups excluding carboxylic acids is 1. The first kappa shape index (κ1) is 15.8. The van der Waals surface area contributed by atoms with Crippen molar-refractivity contribution in [3.05, 3.63) is 0 Å². The first-order valence-corrected chi connectivity index (χ1v) is 6.82. The third-order valence-electron chi connectivity index (χ3n) is 3.61. The Morgan fingerprint density at radius 3 is 2.42 bits per heavy atom. The normalized spacial score (nSPS) is 16.6. The molecule has 0 spiro atoms. The SMILES string of the molecule is CC(CN(C)C(=O)N(CCCO)C1CCC1)C(=O)O. The molecular formula is C13H24N2O4. The van der Waals surface area contributed by atoms with Crippen molar-refractivity contribution < 1.29 is 19.8 Å². The Bertz CT molecular complexity index is 318. The average molecular weight is 272 g/mol. The van der Waals surface area contributed by atoms with E-state index >= 15 is 0 Å². The van der Waals surface area contributed by atoms with Crippen LogP contribution in [0, 0.1) is 5.92 Å². The Balaban J connectivity index is 2.56. The Labute approximate surface area is 114 Å². The first-order chi connectivity index (χ1) is 8.97. The van der Waals surface area contributed by atoms with Crippen LogP contribution in [0.15, 0.2) is 0 Å².